The maximum Gasteiger partial charge on any atom is 0.264 e. The van der Waals surface area contributed by atoms with Gasteiger partial charge >= 0.3 is 0 Å². The summed E-state index contributed by atoms with van der Waals surface area (Å²) < 4.78 is 28.0. The minimum Gasteiger partial charge on any atom is -0.338 e. The van der Waals surface area contributed by atoms with Crippen molar-refractivity contribution in [3.05, 3.63) is 59.7 Å². The summed E-state index contributed by atoms with van der Waals surface area (Å²) in [7, 11) is -2.08. The molecule has 2 aromatic carbocycles. The molecule has 1 heterocycles. The van der Waals surface area contributed by atoms with Gasteiger partial charge in [0.2, 0.25) is 0 Å². The monoisotopic (exact) mass is 387 g/mol. The summed E-state index contributed by atoms with van der Waals surface area (Å²) in [6, 6.07) is 13.6. The molecule has 0 saturated carbocycles. The summed E-state index contributed by atoms with van der Waals surface area (Å²) in [5.41, 5.74) is 7.71. The summed E-state index contributed by atoms with van der Waals surface area (Å²) in [5, 5.41) is 0. The van der Waals surface area contributed by atoms with E-state index in [0.717, 1.165) is 18.4 Å². The van der Waals surface area contributed by atoms with E-state index in [-0.39, 0.29) is 16.8 Å². The third-order valence-corrected chi connectivity index (χ3v) is 6.87. The van der Waals surface area contributed by atoms with Gasteiger partial charge in [0.15, 0.2) is 0 Å². The quantitative estimate of drug-likeness (QED) is 0.853. The topological polar surface area (TPSA) is 83.7 Å². The first-order valence-electron chi connectivity index (χ1n) is 9.04. The van der Waals surface area contributed by atoms with Crippen molar-refractivity contribution in [2.45, 2.75) is 30.7 Å². The molecule has 0 bridgehead atoms. The number of anilines is 1. The van der Waals surface area contributed by atoms with Crippen LogP contribution in [0, 0.1) is 0 Å². The molecular weight excluding hydrogens is 362 g/mol. The molecule has 1 aliphatic rings. The number of likely N-dealkylation sites (N-methyl/N-ethyl adjacent to an activating group) is 1. The Labute approximate surface area is 160 Å². The minimum absolute atomic E-state index is 0.124. The number of benzene rings is 2. The maximum atomic E-state index is 13.3. The molecule has 2 N–H and O–H groups in total. The number of rotatable bonds is 5. The van der Waals surface area contributed by atoms with Crippen LogP contribution in [-0.2, 0) is 16.4 Å². The van der Waals surface area contributed by atoms with Crippen molar-refractivity contribution >= 4 is 21.6 Å². The smallest absolute Gasteiger partial charge is 0.264 e. The van der Waals surface area contributed by atoms with Crippen LogP contribution in [0.15, 0.2) is 53.4 Å². The lowest BCUT2D eigenvalue weighted by Gasteiger charge is -2.30. The van der Waals surface area contributed by atoms with Crippen LogP contribution in [0.25, 0.3) is 0 Å². The summed E-state index contributed by atoms with van der Waals surface area (Å²) in [6.45, 7) is 2.62. The molecule has 0 fully saturated rings. The van der Waals surface area contributed by atoms with Crippen LogP contribution in [0.1, 0.15) is 29.3 Å². The number of carbonyl (C=O) groups is 1. The summed E-state index contributed by atoms with van der Waals surface area (Å²) in [6.07, 6.45) is 1.63. The highest BCUT2D eigenvalue weighted by Crippen LogP contribution is 2.32. The molecule has 1 amide bonds. The Hall–Kier alpha value is -2.38. The molecule has 0 saturated heterocycles. The molecule has 0 spiro atoms. The number of hydrogen-bond acceptors (Lipinski definition) is 4. The fourth-order valence-electron chi connectivity index (χ4n) is 3.23. The van der Waals surface area contributed by atoms with E-state index in [1.807, 2.05) is 31.2 Å². The van der Waals surface area contributed by atoms with Crippen molar-refractivity contribution in [1.29, 1.82) is 0 Å². The second-order valence-corrected chi connectivity index (χ2v) is 8.70. The Morgan fingerprint density at radius 3 is 2.70 bits per heavy atom. The molecule has 3 rings (SSSR count). The number of fused-ring (bicyclic) bond motifs is 1. The number of para-hydroxylation sites is 1. The van der Waals surface area contributed by atoms with Gasteiger partial charge in [0.1, 0.15) is 0 Å². The first kappa shape index (κ1) is 19.4. The Morgan fingerprint density at radius 1 is 1.22 bits per heavy atom. The van der Waals surface area contributed by atoms with Gasteiger partial charge in [-0.1, -0.05) is 24.3 Å². The number of carbonyl (C=O) groups excluding carboxylic acids is 1. The number of aryl methyl sites for hydroxylation is 1. The van der Waals surface area contributed by atoms with Gasteiger partial charge in [-0.3, -0.25) is 9.10 Å². The highest BCUT2D eigenvalue weighted by Gasteiger charge is 2.29. The van der Waals surface area contributed by atoms with Gasteiger partial charge in [-0.25, -0.2) is 8.42 Å². The standard InChI is InChI=1S/C20H25N3O3S/c1-15(14-21)22(2)20(24)17-8-5-10-18(13-17)27(25,26)23-12-6-9-16-7-3-4-11-19(16)23/h3-5,7-8,10-11,13,15H,6,9,12,14,21H2,1-2H3. The molecule has 144 valence electrons. The third-order valence-electron chi connectivity index (χ3n) is 5.06. The lowest BCUT2D eigenvalue weighted by Crippen LogP contribution is -2.40. The van der Waals surface area contributed by atoms with E-state index in [0.29, 0.717) is 24.3 Å². The molecule has 1 aliphatic heterocycles. The summed E-state index contributed by atoms with van der Waals surface area (Å²) in [4.78, 5) is 14.3. The van der Waals surface area contributed by atoms with E-state index in [2.05, 4.69) is 0 Å². The Kier molecular flexibility index (Phi) is 5.53. The van der Waals surface area contributed by atoms with Crippen molar-refractivity contribution in [2.24, 2.45) is 5.73 Å². The predicted octanol–water partition coefficient (Wildman–Crippen LogP) is 2.25. The summed E-state index contributed by atoms with van der Waals surface area (Å²) >= 11 is 0. The molecule has 6 nitrogen and oxygen atoms in total. The van der Waals surface area contributed by atoms with Gasteiger partial charge in [0.05, 0.1) is 10.6 Å². The molecule has 0 radical (unpaired) electrons. The molecule has 0 aromatic heterocycles. The average molecular weight is 388 g/mol. The molecule has 27 heavy (non-hydrogen) atoms. The first-order valence-corrected chi connectivity index (χ1v) is 10.5. The normalized spacial score (nSPS) is 15.1. The maximum absolute atomic E-state index is 13.3. The molecular formula is C20H25N3O3S. The molecule has 0 aliphatic carbocycles. The van der Waals surface area contributed by atoms with Crippen molar-refractivity contribution < 1.29 is 13.2 Å². The van der Waals surface area contributed by atoms with Gasteiger partial charge in [-0.2, -0.15) is 0 Å². The van der Waals surface area contributed by atoms with Gasteiger partial charge in [-0.05, 0) is 49.6 Å². The van der Waals surface area contributed by atoms with E-state index in [9.17, 15) is 13.2 Å². The predicted molar refractivity (Wildman–Crippen MR) is 106 cm³/mol. The van der Waals surface area contributed by atoms with E-state index >= 15 is 0 Å². The minimum atomic E-state index is -3.75. The van der Waals surface area contributed by atoms with Crippen LogP contribution in [-0.4, -0.2) is 45.4 Å². The zero-order valence-corrected chi connectivity index (χ0v) is 16.4. The number of hydrogen-bond donors (Lipinski definition) is 1. The van der Waals surface area contributed by atoms with Crippen LogP contribution in [0.5, 0.6) is 0 Å². The van der Waals surface area contributed by atoms with E-state index in [4.69, 9.17) is 5.73 Å². The second-order valence-electron chi connectivity index (χ2n) is 6.84. The largest absolute Gasteiger partial charge is 0.338 e. The lowest BCUT2D eigenvalue weighted by atomic mass is 10.0. The first-order chi connectivity index (χ1) is 12.9. The zero-order valence-electron chi connectivity index (χ0n) is 15.6. The SMILES string of the molecule is CC(CN)N(C)C(=O)c1cccc(S(=O)(=O)N2CCCc3ccccc32)c1. The van der Waals surface area contributed by atoms with Gasteiger partial charge in [0, 0.05) is 31.7 Å². The Bertz CT molecular complexity index is 943. The highest BCUT2D eigenvalue weighted by atomic mass is 32.2. The second kappa shape index (κ2) is 7.70. The fourth-order valence-corrected chi connectivity index (χ4v) is 4.81. The molecule has 1 atom stereocenters. The fraction of sp³-hybridized carbons (Fsp3) is 0.350. The van der Waals surface area contributed by atoms with Crippen LogP contribution >= 0.6 is 0 Å². The summed E-state index contributed by atoms with van der Waals surface area (Å²) in [5.74, 6) is -0.246. The molecule has 1 unspecified atom stereocenters. The van der Waals surface area contributed by atoms with E-state index < -0.39 is 10.0 Å². The van der Waals surface area contributed by atoms with Crippen molar-refractivity contribution in [2.75, 3.05) is 24.4 Å². The van der Waals surface area contributed by atoms with Crippen molar-refractivity contribution in [3.63, 3.8) is 0 Å². The van der Waals surface area contributed by atoms with Gasteiger partial charge < -0.3 is 10.6 Å². The Morgan fingerprint density at radius 2 is 1.96 bits per heavy atom. The van der Waals surface area contributed by atoms with Crippen LogP contribution < -0.4 is 10.0 Å². The molecule has 2 aromatic rings. The number of amides is 1. The third kappa shape index (κ3) is 3.70. The van der Waals surface area contributed by atoms with Gasteiger partial charge in [0.25, 0.3) is 15.9 Å². The number of nitrogens with zero attached hydrogens (tertiary/aromatic N) is 2. The van der Waals surface area contributed by atoms with Crippen molar-refractivity contribution in [3.8, 4) is 0 Å². The molecule has 7 heteroatoms. The number of nitrogens with two attached hydrogens (primary N) is 1. The lowest BCUT2D eigenvalue weighted by molar-refractivity contribution is 0.0748. The van der Waals surface area contributed by atoms with E-state index in [1.54, 1.807) is 19.2 Å². The van der Waals surface area contributed by atoms with Crippen LogP contribution in [0.3, 0.4) is 0 Å². The average Bonchev–Trinajstić information content (AvgIpc) is 2.71. The van der Waals surface area contributed by atoms with Gasteiger partial charge in [-0.15, -0.1) is 0 Å². The Balaban J connectivity index is 1.96. The number of sulfonamides is 1. The van der Waals surface area contributed by atoms with E-state index in [1.165, 1.54) is 21.3 Å². The van der Waals surface area contributed by atoms with Crippen molar-refractivity contribution in [1.82, 2.24) is 4.90 Å². The van der Waals surface area contributed by atoms with Crippen LogP contribution in [0.2, 0.25) is 0 Å². The van der Waals surface area contributed by atoms with Crippen LogP contribution in [0.4, 0.5) is 5.69 Å². The zero-order chi connectivity index (χ0) is 19.6. The highest BCUT2D eigenvalue weighted by molar-refractivity contribution is 7.92.